The maximum absolute atomic E-state index is 12.2. The maximum atomic E-state index is 12.2. The predicted octanol–water partition coefficient (Wildman–Crippen LogP) is 1.18. The minimum Gasteiger partial charge on any atom is -0.377 e. The monoisotopic (exact) mass is 387 g/mol. The van der Waals surface area contributed by atoms with Crippen molar-refractivity contribution in [2.45, 2.75) is 27.0 Å². The van der Waals surface area contributed by atoms with Gasteiger partial charge in [-0.1, -0.05) is 0 Å². The quantitative estimate of drug-likeness (QED) is 0.627. The van der Waals surface area contributed by atoms with E-state index in [1.807, 2.05) is 19.9 Å². The molecule has 0 radical (unpaired) electrons. The highest BCUT2D eigenvalue weighted by molar-refractivity contribution is 7.09. The molecule has 3 aromatic heterocycles. The zero-order chi connectivity index (χ0) is 19.0. The third-order valence-electron chi connectivity index (χ3n) is 4.47. The van der Waals surface area contributed by atoms with Gasteiger partial charge in [0.05, 0.1) is 12.2 Å². The summed E-state index contributed by atoms with van der Waals surface area (Å²) in [6.45, 7) is 6.58. The van der Waals surface area contributed by atoms with Crippen LogP contribution >= 0.6 is 11.5 Å². The molecule has 27 heavy (non-hydrogen) atoms. The summed E-state index contributed by atoms with van der Waals surface area (Å²) in [4.78, 5) is 18.8. The highest BCUT2D eigenvalue weighted by Gasteiger charge is 2.30. The second-order valence-electron chi connectivity index (χ2n) is 6.75. The number of rotatable bonds is 6. The lowest BCUT2D eigenvalue weighted by atomic mass is 10.0. The van der Waals surface area contributed by atoms with Gasteiger partial charge in [-0.3, -0.25) is 4.79 Å². The molecule has 4 heterocycles. The van der Waals surface area contributed by atoms with Gasteiger partial charge in [0.15, 0.2) is 11.6 Å². The van der Waals surface area contributed by atoms with Gasteiger partial charge in [0.25, 0.3) is 5.56 Å². The van der Waals surface area contributed by atoms with Gasteiger partial charge in [0.1, 0.15) is 6.61 Å². The lowest BCUT2D eigenvalue weighted by Crippen LogP contribution is -2.49. The summed E-state index contributed by atoms with van der Waals surface area (Å²) in [6.07, 6.45) is 0. The van der Waals surface area contributed by atoms with Gasteiger partial charge in [0.2, 0.25) is 5.13 Å². The molecule has 4 rings (SSSR count). The molecule has 10 heteroatoms. The molecule has 0 bridgehead atoms. The van der Waals surface area contributed by atoms with E-state index in [9.17, 15) is 4.79 Å². The van der Waals surface area contributed by atoms with E-state index in [2.05, 4.69) is 24.5 Å². The van der Waals surface area contributed by atoms with E-state index in [4.69, 9.17) is 4.74 Å². The molecule has 0 saturated carbocycles. The van der Waals surface area contributed by atoms with Gasteiger partial charge >= 0.3 is 0 Å². The SMILES string of the molecule is COCc1nsc(N2CC(Cn3nc(-n4nc(C)cc4C)ccc3=O)C2)n1. The highest BCUT2D eigenvalue weighted by Crippen LogP contribution is 2.27. The first-order valence-corrected chi connectivity index (χ1v) is 9.49. The number of aryl methyl sites for hydroxylation is 2. The Morgan fingerprint density at radius 2 is 2.07 bits per heavy atom. The number of hydrogen-bond donors (Lipinski definition) is 0. The van der Waals surface area contributed by atoms with Gasteiger partial charge in [0, 0.05) is 49.4 Å². The van der Waals surface area contributed by atoms with Crippen LogP contribution in [0.25, 0.3) is 5.82 Å². The van der Waals surface area contributed by atoms with E-state index in [0.717, 1.165) is 29.6 Å². The first-order valence-electron chi connectivity index (χ1n) is 8.72. The van der Waals surface area contributed by atoms with Crippen LogP contribution in [0.3, 0.4) is 0 Å². The Morgan fingerprint density at radius 1 is 1.26 bits per heavy atom. The number of aromatic nitrogens is 6. The number of methoxy groups -OCH3 is 1. The van der Waals surface area contributed by atoms with Crippen LogP contribution in [-0.4, -0.2) is 49.1 Å². The molecule has 1 fully saturated rings. The van der Waals surface area contributed by atoms with Crippen LogP contribution in [0.2, 0.25) is 0 Å². The Labute approximate surface area is 160 Å². The van der Waals surface area contributed by atoms with Crippen molar-refractivity contribution in [3.63, 3.8) is 0 Å². The Morgan fingerprint density at radius 3 is 2.78 bits per heavy atom. The molecule has 0 spiro atoms. The summed E-state index contributed by atoms with van der Waals surface area (Å²) in [5.41, 5.74) is 1.81. The third-order valence-corrected chi connectivity index (χ3v) is 5.28. The molecule has 0 N–H and O–H groups in total. The topological polar surface area (TPSA) is 91.0 Å². The van der Waals surface area contributed by atoms with Crippen molar-refractivity contribution in [3.05, 3.63) is 45.8 Å². The van der Waals surface area contributed by atoms with Crippen molar-refractivity contribution in [1.82, 2.24) is 28.9 Å². The van der Waals surface area contributed by atoms with Crippen molar-refractivity contribution in [2.75, 3.05) is 25.1 Å². The van der Waals surface area contributed by atoms with Crippen LogP contribution in [0.5, 0.6) is 0 Å². The average Bonchev–Trinajstić information content (AvgIpc) is 3.18. The number of nitrogens with zero attached hydrogens (tertiary/aromatic N) is 7. The summed E-state index contributed by atoms with van der Waals surface area (Å²) in [5, 5.41) is 9.85. The lowest BCUT2D eigenvalue weighted by Gasteiger charge is -2.38. The minimum atomic E-state index is -0.1000. The van der Waals surface area contributed by atoms with Crippen LogP contribution in [0.1, 0.15) is 17.2 Å². The molecule has 0 atom stereocenters. The van der Waals surface area contributed by atoms with Crippen LogP contribution in [-0.2, 0) is 17.9 Å². The smallest absolute Gasteiger partial charge is 0.266 e. The van der Waals surface area contributed by atoms with Crippen molar-refractivity contribution in [2.24, 2.45) is 5.92 Å². The fourth-order valence-corrected chi connectivity index (χ4v) is 3.88. The largest absolute Gasteiger partial charge is 0.377 e. The number of anilines is 1. The van der Waals surface area contributed by atoms with Crippen LogP contribution in [0.15, 0.2) is 23.0 Å². The first kappa shape index (κ1) is 17.8. The summed E-state index contributed by atoms with van der Waals surface area (Å²) in [5.74, 6) is 1.71. The molecule has 1 saturated heterocycles. The standard InChI is InChI=1S/C17H21N7O2S/c1-11-6-12(2)24(19-11)15-4-5-16(25)23(20-15)9-13-7-22(8-13)17-18-14(10-26-3)21-27-17/h4-6,13H,7-10H2,1-3H3. The van der Waals surface area contributed by atoms with Gasteiger partial charge < -0.3 is 9.64 Å². The average molecular weight is 387 g/mol. The fraction of sp³-hybridized carbons (Fsp3) is 0.471. The second-order valence-corrected chi connectivity index (χ2v) is 7.48. The molecular formula is C17H21N7O2S. The van der Waals surface area contributed by atoms with E-state index in [-0.39, 0.29) is 5.56 Å². The Bertz CT molecular complexity index is 1000. The van der Waals surface area contributed by atoms with E-state index in [0.29, 0.717) is 30.7 Å². The Balaban J connectivity index is 1.44. The molecule has 9 nitrogen and oxygen atoms in total. The van der Waals surface area contributed by atoms with Crippen molar-refractivity contribution in [1.29, 1.82) is 0 Å². The Kier molecular flexibility index (Phi) is 4.75. The van der Waals surface area contributed by atoms with Crippen molar-refractivity contribution in [3.8, 4) is 5.82 Å². The van der Waals surface area contributed by atoms with E-state index in [1.165, 1.54) is 16.2 Å². The van der Waals surface area contributed by atoms with Gasteiger partial charge in [-0.25, -0.2) is 14.3 Å². The van der Waals surface area contributed by atoms with Crippen LogP contribution in [0.4, 0.5) is 5.13 Å². The molecule has 3 aromatic rings. The van der Waals surface area contributed by atoms with Gasteiger partial charge in [-0.15, -0.1) is 5.10 Å². The van der Waals surface area contributed by atoms with Crippen LogP contribution in [0, 0.1) is 19.8 Å². The molecule has 142 valence electrons. The van der Waals surface area contributed by atoms with Crippen LogP contribution < -0.4 is 10.5 Å². The minimum absolute atomic E-state index is 0.1000. The van der Waals surface area contributed by atoms with Gasteiger partial charge in [-0.2, -0.15) is 9.47 Å². The highest BCUT2D eigenvalue weighted by atomic mass is 32.1. The lowest BCUT2D eigenvalue weighted by molar-refractivity contribution is 0.179. The van der Waals surface area contributed by atoms with Crippen molar-refractivity contribution >= 4 is 16.7 Å². The summed E-state index contributed by atoms with van der Waals surface area (Å²) < 4.78 is 12.6. The third kappa shape index (κ3) is 3.62. The normalized spacial score (nSPS) is 14.6. The van der Waals surface area contributed by atoms with E-state index < -0.39 is 0 Å². The zero-order valence-corrected chi connectivity index (χ0v) is 16.3. The first-order chi connectivity index (χ1) is 13.0. The van der Waals surface area contributed by atoms with E-state index >= 15 is 0 Å². The molecule has 0 unspecified atom stereocenters. The molecule has 0 amide bonds. The molecule has 0 aromatic carbocycles. The second kappa shape index (κ2) is 7.20. The van der Waals surface area contributed by atoms with Gasteiger partial charge in [-0.05, 0) is 26.0 Å². The molecule has 1 aliphatic rings. The summed E-state index contributed by atoms with van der Waals surface area (Å²) >= 11 is 1.38. The maximum Gasteiger partial charge on any atom is 0.266 e. The van der Waals surface area contributed by atoms with Crippen molar-refractivity contribution < 1.29 is 4.74 Å². The molecular weight excluding hydrogens is 366 g/mol. The predicted molar refractivity (Wildman–Crippen MR) is 101 cm³/mol. The number of hydrogen-bond acceptors (Lipinski definition) is 8. The Hall–Kier alpha value is -2.59. The fourth-order valence-electron chi connectivity index (χ4n) is 3.19. The number of ether oxygens (including phenoxy) is 1. The zero-order valence-electron chi connectivity index (χ0n) is 15.5. The summed E-state index contributed by atoms with van der Waals surface area (Å²) in [7, 11) is 1.63. The summed E-state index contributed by atoms with van der Waals surface area (Å²) in [6, 6.07) is 5.25. The molecule has 0 aliphatic carbocycles. The van der Waals surface area contributed by atoms with E-state index in [1.54, 1.807) is 23.9 Å². The molecule has 1 aliphatic heterocycles.